The molecular formula is C18H17F2NO4. The largest absolute Gasteiger partial charge is 0.461 e. The second-order valence-electron chi connectivity index (χ2n) is 5.83. The summed E-state index contributed by atoms with van der Waals surface area (Å²) in [6, 6.07) is 5.86. The maximum absolute atomic E-state index is 13.8. The van der Waals surface area contributed by atoms with Crippen molar-refractivity contribution in [1.29, 1.82) is 0 Å². The van der Waals surface area contributed by atoms with E-state index < -0.39 is 17.7 Å². The van der Waals surface area contributed by atoms with Crippen LogP contribution in [0.2, 0.25) is 0 Å². The number of furan rings is 1. The second kappa shape index (κ2) is 7.57. The highest BCUT2D eigenvalue weighted by Gasteiger charge is 2.30. The maximum atomic E-state index is 13.8. The summed E-state index contributed by atoms with van der Waals surface area (Å²) in [5.41, 5.74) is 0.119. The van der Waals surface area contributed by atoms with Crippen LogP contribution in [-0.2, 0) is 16.0 Å². The molecule has 1 amide bonds. The highest BCUT2D eigenvalue weighted by Crippen LogP contribution is 2.18. The molecule has 3 rings (SSSR count). The lowest BCUT2D eigenvalue weighted by Crippen LogP contribution is -2.50. The fourth-order valence-corrected chi connectivity index (χ4v) is 2.83. The molecule has 1 aromatic carbocycles. The van der Waals surface area contributed by atoms with Crippen LogP contribution in [0.4, 0.5) is 8.78 Å². The zero-order valence-corrected chi connectivity index (χ0v) is 13.4. The van der Waals surface area contributed by atoms with E-state index in [1.54, 1.807) is 12.1 Å². The lowest BCUT2D eigenvalue weighted by molar-refractivity contribution is -0.139. The summed E-state index contributed by atoms with van der Waals surface area (Å²) in [4.78, 5) is 26.3. The molecule has 1 aliphatic rings. The Balaban J connectivity index is 1.69. The van der Waals surface area contributed by atoms with Crippen LogP contribution in [0.1, 0.15) is 22.5 Å². The van der Waals surface area contributed by atoms with E-state index in [9.17, 15) is 18.4 Å². The third kappa shape index (κ3) is 4.11. The van der Waals surface area contributed by atoms with E-state index >= 15 is 0 Å². The Morgan fingerprint density at radius 2 is 2.08 bits per heavy atom. The Kier molecular flexibility index (Phi) is 5.23. The number of ether oxygens (including phenoxy) is 1. The molecule has 0 radical (unpaired) electrons. The number of amides is 1. The van der Waals surface area contributed by atoms with Gasteiger partial charge in [-0.1, -0.05) is 6.07 Å². The average Bonchev–Trinajstić information content (AvgIpc) is 3.12. The van der Waals surface area contributed by atoms with Gasteiger partial charge in [0.15, 0.2) is 11.5 Å². The zero-order chi connectivity index (χ0) is 17.8. The minimum absolute atomic E-state index is 0.0607. The van der Waals surface area contributed by atoms with Crippen LogP contribution in [0.25, 0.3) is 0 Å². The molecule has 1 saturated heterocycles. The number of rotatable bonds is 5. The topological polar surface area (TPSA) is 59.8 Å². The Hall–Kier alpha value is -2.54. The number of hydrogen-bond donors (Lipinski definition) is 0. The molecular weight excluding hydrogens is 332 g/mol. The molecule has 0 bridgehead atoms. The molecule has 132 valence electrons. The van der Waals surface area contributed by atoms with Crippen molar-refractivity contribution in [1.82, 2.24) is 4.90 Å². The van der Waals surface area contributed by atoms with Crippen molar-refractivity contribution in [2.24, 2.45) is 0 Å². The van der Waals surface area contributed by atoms with Gasteiger partial charge in [-0.2, -0.15) is 0 Å². The van der Waals surface area contributed by atoms with E-state index in [0.29, 0.717) is 13.2 Å². The van der Waals surface area contributed by atoms with Crippen molar-refractivity contribution < 1.29 is 27.5 Å². The van der Waals surface area contributed by atoms with Crippen molar-refractivity contribution >= 4 is 11.7 Å². The number of nitrogens with zero attached hydrogens (tertiary/aromatic N) is 1. The molecule has 0 unspecified atom stereocenters. The summed E-state index contributed by atoms with van der Waals surface area (Å²) in [6.07, 6.45) is 1.27. The number of ketones is 1. The quantitative estimate of drug-likeness (QED) is 0.779. The van der Waals surface area contributed by atoms with Gasteiger partial charge in [-0.15, -0.1) is 0 Å². The number of carbonyl (C=O) groups is 2. The Morgan fingerprint density at radius 3 is 2.80 bits per heavy atom. The normalized spacial score (nSPS) is 17.5. The highest BCUT2D eigenvalue weighted by atomic mass is 19.1. The van der Waals surface area contributed by atoms with Crippen molar-refractivity contribution in [3.05, 3.63) is 59.6 Å². The Labute approximate surface area is 143 Å². The predicted octanol–water partition coefficient (Wildman–Crippen LogP) is 2.60. The standard InChI is InChI=1S/C18H17F2NO4/c19-13-4-3-12(15(20)9-13)8-18(23)21-5-7-24-11-14(21)10-16(22)17-2-1-6-25-17/h1-4,6,9,14H,5,7-8,10-11H2/t14-/m0/s1. The number of Topliss-reactive ketones (excluding diaryl/α,β-unsaturated/α-hetero) is 1. The first kappa shape index (κ1) is 17.3. The van der Waals surface area contributed by atoms with Gasteiger partial charge in [0.2, 0.25) is 5.91 Å². The predicted molar refractivity (Wildman–Crippen MR) is 84.0 cm³/mol. The fraction of sp³-hybridized carbons (Fsp3) is 0.333. The minimum atomic E-state index is -0.759. The van der Waals surface area contributed by atoms with Crippen molar-refractivity contribution in [3.8, 4) is 0 Å². The van der Waals surface area contributed by atoms with Crippen LogP contribution < -0.4 is 0 Å². The summed E-state index contributed by atoms with van der Waals surface area (Å²) in [5.74, 6) is -1.79. The molecule has 5 nitrogen and oxygen atoms in total. The number of benzene rings is 1. The lowest BCUT2D eigenvalue weighted by Gasteiger charge is -2.35. The molecule has 1 atom stereocenters. The molecule has 0 aliphatic carbocycles. The molecule has 7 heteroatoms. The van der Waals surface area contributed by atoms with E-state index in [2.05, 4.69) is 0 Å². The Morgan fingerprint density at radius 1 is 1.24 bits per heavy atom. The minimum Gasteiger partial charge on any atom is -0.461 e. The fourth-order valence-electron chi connectivity index (χ4n) is 2.83. The SMILES string of the molecule is O=C(C[C@H]1COCCN1C(=O)Cc1ccc(F)cc1F)c1ccco1. The number of morpholine rings is 1. The third-order valence-corrected chi connectivity index (χ3v) is 4.12. The third-order valence-electron chi connectivity index (χ3n) is 4.12. The molecule has 0 saturated carbocycles. The number of carbonyl (C=O) groups excluding carboxylic acids is 2. The molecule has 0 spiro atoms. The van der Waals surface area contributed by atoms with Crippen LogP contribution in [0, 0.1) is 11.6 Å². The summed E-state index contributed by atoms with van der Waals surface area (Å²) < 4.78 is 37.2. The van der Waals surface area contributed by atoms with Gasteiger partial charge in [-0.25, -0.2) is 8.78 Å². The Bertz CT molecular complexity index is 760. The van der Waals surface area contributed by atoms with E-state index in [-0.39, 0.29) is 42.5 Å². The molecule has 1 fully saturated rings. The average molecular weight is 349 g/mol. The van der Waals surface area contributed by atoms with Crippen molar-refractivity contribution in [2.45, 2.75) is 18.9 Å². The van der Waals surface area contributed by atoms with Crippen LogP contribution in [0.15, 0.2) is 41.0 Å². The monoisotopic (exact) mass is 349 g/mol. The summed E-state index contributed by atoms with van der Waals surface area (Å²) in [6.45, 7) is 0.894. The van der Waals surface area contributed by atoms with E-state index in [1.807, 2.05) is 0 Å². The van der Waals surface area contributed by atoms with Gasteiger partial charge >= 0.3 is 0 Å². The number of halogens is 2. The maximum Gasteiger partial charge on any atom is 0.227 e. The van der Waals surface area contributed by atoms with Crippen LogP contribution in [-0.4, -0.2) is 42.4 Å². The summed E-state index contributed by atoms with van der Waals surface area (Å²) in [5, 5.41) is 0. The molecule has 2 aromatic rings. The van der Waals surface area contributed by atoms with Crippen LogP contribution in [0.5, 0.6) is 0 Å². The molecule has 1 aliphatic heterocycles. The first-order chi connectivity index (χ1) is 12.0. The highest BCUT2D eigenvalue weighted by molar-refractivity contribution is 5.94. The van der Waals surface area contributed by atoms with E-state index in [4.69, 9.17) is 9.15 Å². The van der Waals surface area contributed by atoms with Crippen molar-refractivity contribution in [2.75, 3.05) is 19.8 Å². The molecule has 0 N–H and O–H groups in total. The second-order valence-corrected chi connectivity index (χ2v) is 5.83. The molecule has 25 heavy (non-hydrogen) atoms. The van der Waals surface area contributed by atoms with E-state index in [0.717, 1.165) is 12.1 Å². The van der Waals surface area contributed by atoms with Gasteiger partial charge in [-0.3, -0.25) is 9.59 Å². The van der Waals surface area contributed by atoms with Gasteiger partial charge in [-0.05, 0) is 23.8 Å². The first-order valence-corrected chi connectivity index (χ1v) is 7.92. The van der Waals surface area contributed by atoms with Crippen molar-refractivity contribution in [3.63, 3.8) is 0 Å². The van der Waals surface area contributed by atoms with Gasteiger partial charge in [0, 0.05) is 19.0 Å². The van der Waals surface area contributed by atoms with Gasteiger partial charge in [0.25, 0.3) is 0 Å². The van der Waals surface area contributed by atoms with Crippen LogP contribution >= 0.6 is 0 Å². The van der Waals surface area contributed by atoms with Gasteiger partial charge < -0.3 is 14.1 Å². The summed E-state index contributed by atoms with van der Waals surface area (Å²) in [7, 11) is 0. The molecule has 2 heterocycles. The van der Waals surface area contributed by atoms with Gasteiger partial charge in [0.05, 0.1) is 31.9 Å². The van der Waals surface area contributed by atoms with Crippen LogP contribution in [0.3, 0.4) is 0 Å². The smallest absolute Gasteiger partial charge is 0.227 e. The van der Waals surface area contributed by atoms with E-state index in [1.165, 1.54) is 17.2 Å². The zero-order valence-electron chi connectivity index (χ0n) is 13.4. The van der Waals surface area contributed by atoms with Gasteiger partial charge in [0.1, 0.15) is 11.6 Å². The summed E-state index contributed by atoms with van der Waals surface area (Å²) >= 11 is 0. The lowest BCUT2D eigenvalue weighted by atomic mass is 10.0. The molecule has 1 aromatic heterocycles. The number of hydrogen-bond acceptors (Lipinski definition) is 4. The first-order valence-electron chi connectivity index (χ1n) is 7.92.